The molecule has 1 atom stereocenters. The summed E-state index contributed by atoms with van der Waals surface area (Å²) in [6.45, 7) is 5.18. The van der Waals surface area contributed by atoms with Gasteiger partial charge in [0.05, 0.1) is 12.6 Å². The van der Waals surface area contributed by atoms with Crippen molar-refractivity contribution in [3.05, 3.63) is 47.3 Å². The van der Waals surface area contributed by atoms with Crippen molar-refractivity contribution < 1.29 is 9.32 Å². The van der Waals surface area contributed by atoms with Crippen LogP contribution in [0.5, 0.6) is 0 Å². The molecule has 116 valence electrons. The molecule has 1 aromatic carbocycles. The van der Waals surface area contributed by atoms with Crippen molar-refractivity contribution in [1.29, 1.82) is 0 Å². The van der Waals surface area contributed by atoms with Crippen molar-refractivity contribution in [3.8, 4) is 0 Å². The summed E-state index contributed by atoms with van der Waals surface area (Å²) in [6.07, 6.45) is 2.10. The summed E-state index contributed by atoms with van der Waals surface area (Å²) in [7, 11) is 0. The molecule has 1 aliphatic rings. The van der Waals surface area contributed by atoms with Gasteiger partial charge in [-0.15, -0.1) is 0 Å². The molecule has 3 rings (SSSR count). The number of amides is 1. The minimum atomic E-state index is 0.0152. The number of para-hydroxylation sites is 1. The Balaban J connectivity index is 1.64. The topological polar surface area (TPSA) is 58.4 Å². The number of benzene rings is 1. The second-order valence-corrected chi connectivity index (χ2v) is 5.85. The number of hydrogen-bond acceptors (Lipinski definition) is 4. The first kappa shape index (κ1) is 14.8. The number of nitrogens with one attached hydrogen (secondary N) is 1. The normalized spacial score (nSPS) is 18.5. The molecule has 0 unspecified atom stereocenters. The molecule has 5 nitrogen and oxygen atoms in total. The maximum absolute atomic E-state index is 12.3. The van der Waals surface area contributed by atoms with Gasteiger partial charge in [0, 0.05) is 11.8 Å². The molecule has 1 fully saturated rings. The number of anilines is 1. The molecule has 1 aromatic heterocycles. The Bertz CT molecular complexity index is 665. The fraction of sp³-hybridized carbons (Fsp3) is 0.412. The van der Waals surface area contributed by atoms with E-state index in [2.05, 4.69) is 15.4 Å². The predicted octanol–water partition coefficient (Wildman–Crippen LogP) is 3.07. The monoisotopic (exact) mass is 299 g/mol. The van der Waals surface area contributed by atoms with Gasteiger partial charge in [-0.1, -0.05) is 23.4 Å². The number of likely N-dealkylation sites (tertiary alicyclic amines) is 1. The Morgan fingerprint density at radius 1 is 1.41 bits per heavy atom. The fourth-order valence-corrected chi connectivity index (χ4v) is 2.98. The van der Waals surface area contributed by atoms with E-state index in [1.165, 1.54) is 0 Å². The van der Waals surface area contributed by atoms with Gasteiger partial charge in [0.1, 0.15) is 11.5 Å². The lowest BCUT2D eigenvalue weighted by molar-refractivity contribution is -0.117. The van der Waals surface area contributed by atoms with Gasteiger partial charge in [0.25, 0.3) is 0 Å². The fourth-order valence-electron chi connectivity index (χ4n) is 2.98. The summed E-state index contributed by atoms with van der Waals surface area (Å²) in [4.78, 5) is 14.5. The lowest BCUT2D eigenvalue weighted by atomic mass is 10.1. The second-order valence-electron chi connectivity index (χ2n) is 5.85. The molecule has 1 N–H and O–H groups in total. The number of hydrogen-bond donors (Lipinski definition) is 1. The van der Waals surface area contributed by atoms with Crippen molar-refractivity contribution >= 4 is 11.6 Å². The van der Waals surface area contributed by atoms with Crippen molar-refractivity contribution in [2.24, 2.45) is 0 Å². The van der Waals surface area contributed by atoms with E-state index in [0.717, 1.165) is 42.1 Å². The molecule has 0 radical (unpaired) electrons. The number of aromatic nitrogens is 1. The maximum Gasteiger partial charge on any atom is 0.238 e. The van der Waals surface area contributed by atoms with Gasteiger partial charge in [-0.3, -0.25) is 9.69 Å². The minimum absolute atomic E-state index is 0.0152. The van der Waals surface area contributed by atoms with Crippen LogP contribution in [-0.2, 0) is 4.79 Å². The summed E-state index contributed by atoms with van der Waals surface area (Å²) in [6, 6.07) is 9.96. The first-order valence-electron chi connectivity index (χ1n) is 7.66. The Labute approximate surface area is 130 Å². The maximum atomic E-state index is 12.3. The number of carbonyl (C=O) groups excluding carboxylic acids is 1. The molecule has 5 heteroatoms. The van der Waals surface area contributed by atoms with Crippen molar-refractivity contribution in [3.63, 3.8) is 0 Å². The zero-order valence-corrected chi connectivity index (χ0v) is 13.0. The van der Waals surface area contributed by atoms with Gasteiger partial charge in [0.15, 0.2) is 0 Å². The van der Waals surface area contributed by atoms with Gasteiger partial charge >= 0.3 is 0 Å². The summed E-state index contributed by atoms with van der Waals surface area (Å²) in [5.41, 5.74) is 2.88. The molecular formula is C17H21N3O2. The first-order chi connectivity index (χ1) is 10.6. The molecule has 0 saturated carbocycles. The van der Waals surface area contributed by atoms with Crippen LogP contribution in [0.3, 0.4) is 0 Å². The lowest BCUT2D eigenvalue weighted by Gasteiger charge is -2.22. The van der Waals surface area contributed by atoms with E-state index < -0.39 is 0 Å². The van der Waals surface area contributed by atoms with E-state index in [1.807, 2.05) is 44.2 Å². The van der Waals surface area contributed by atoms with Crippen LogP contribution in [-0.4, -0.2) is 29.1 Å². The Morgan fingerprint density at radius 2 is 2.23 bits per heavy atom. The molecule has 2 heterocycles. The molecule has 1 amide bonds. The summed E-state index contributed by atoms with van der Waals surface area (Å²) >= 11 is 0. The molecular weight excluding hydrogens is 278 g/mol. The highest BCUT2D eigenvalue weighted by Gasteiger charge is 2.29. The molecule has 1 saturated heterocycles. The Morgan fingerprint density at radius 3 is 2.95 bits per heavy atom. The molecule has 0 bridgehead atoms. The standard InChI is InChI=1S/C17H21N3O2/c1-12-6-3-4-7-14(12)18-17(21)11-20-9-5-8-16(20)15-10-13(2)22-19-15/h3-4,6-7,10,16H,5,8-9,11H2,1-2H3,(H,18,21)/t16-/m1/s1. The molecule has 0 spiro atoms. The van der Waals surface area contributed by atoms with Crippen LogP contribution >= 0.6 is 0 Å². The average molecular weight is 299 g/mol. The van der Waals surface area contributed by atoms with Gasteiger partial charge in [-0.05, 0) is 44.9 Å². The quantitative estimate of drug-likeness (QED) is 0.942. The number of nitrogens with zero attached hydrogens (tertiary/aromatic N) is 2. The van der Waals surface area contributed by atoms with E-state index in [1.54, 1.807) is 0 Å². The molecule has 1 aliphatic heterocycles. The highest BCUT2D eigenvalue weighted by molar-refractivity contribution is 5.93. The summed E-state index contributed by atoms with van der Waals surface area (Å²) in [5, 5.41) is 7.09. The minimum Gasteiger partial charge on any atom is -0.361 e. The van der Waals surface area contributed by atoms with Crippen LogP contribution in [0, 0.1) is 13.8 Å². The zero-order chi connectivity index (χ0) is 15.5. The molecule has 22 heavy (non-hydrogen) atoms. The van der Waals surface area contributed by atoms with E-state index >= 15 is 0 Å². The van der Waals surface area contributed by atoms with Crippen LogP contribution < -0.4 is 5.32 Å². The predicted molar refractivity (Wildman–Crippen MR) is 84.6 cm³/mol. The third kappa shape index (κ3) is 3.20. The van der Waals surface area contributed by atoms with Crippen LogP contribution in [0.4, 0.5) is 5.69 Å². The highest BCUT2D eigenvalue weighted by Crippen LogP contribution is 2.31. The highest BCUT2D eigenvalue weighted by atomic mass is 16.5. The SMILES string of the molecule is Cc1cc([C@H]2CCCN2CC(=O)Nc2ccccc2C)no1. The largest absolute Gasteiger partial charge is 0.361 e. The zero-order valence-electron chi connectivity index (χ0n) is 13.0. The third-order valence-corrected chi connectivity index (χ3v) is 4.12. The lowest BCUT2D eigenvalue weighted by Crippen LogP contribution is -2.33. The third-order valence-electron chi connectivity index (χ3n) is 4.12. The van der Waals surface area contributed by atoms with Gasteiger partial charge in [0.2, 0.25) is 5.91 Å². The van der Waals surface area contributed by atoms with E-state index in [0.29, 0.717) is 6.54 Å². The Kier molecular flexibility index (Phi) is 4.24. The van der Waals surface area contributed by atoms with E-state index in [-0.39, 0.29) is 11.9 Å². The number of rotatable bonds is 4. The van der Waals surface area contributed by atoms with E-state index in [9.17, 15) is 4.79 Å². The summed E-state index contributed by atoms with van der Waals surface area (Å²) in [5.74, 6) is 0.827. The molecule has 0 aliphatic carbocycles. The molecule has 2 aromatic rings. The second kappa shape index (κ2) is 6.32. The van der Waals surface area contributed by atoms with Crippen LogP contribution in [0.25, 0.3) is 0 Å². The average Bonchev–Trinajstić information content (AvgIpc) is 3.10. The van der Waals surface area contributed by atoms with E-state index in [4.69, 9.17) is 4.52 Å². The van der Waals surface area contributed by atoms with Crippen molar-refractivity contribution in [2.75, 3.05) is 18.4 Å². The van der Waals surface area contributed by atoms with Crippen molar-refractivity contribution in [2.45, 2.75) is 32.7 Å². The van der Waals surface area contributed by atoms with Crippen molar-refractivity contribution in [1.82, 2.24) is 10.1 Å². The number of aryl methyl sites for hydroxylation is 2. The van der Waals surface area contributed by atoms with Gasteiger partial charge in [-0.25, -0.2) is 0 Å². The van der Waals surface area contributed by atoms with Gasteiger partial charge < -0.3 is 9.84 Å². The van der Waals surface area contributed by atoms with Crippen LogP contribution in [0.2, 0.25) is 0 Å². The smallest absolute Gasteiger partial charge is 0.238 e. The number of carbonyl (C=O) groups is 1. The summed E-state index contributed by atoms with van der Waals surface area (Å²) < 4.78 is 5.16. The van der Waals surface area contributed by atoms with Gasteiger partial charge in [-0.2, -0.15) is 0 Å². The Hall–Kier alpha value is -2.14. The van der Waals surface area contributed by atoms with Crippen LogP contribution in [0.15, 0.2) is 34.9 Å². The first-order valence-corrected chi connectivity index (χ1v) is 7.66. The van der Waals surface area contributed by atoms with Crippen LogP contribution in [0.1, 0.15) is 35.9 Å².